The van der Waals surface area contributed by atoms with Crippen molar-refractivity contribution >= 4 is 0 Å². The van der Waals surface area contributed by atoms with Crippen LogP contribution in [0.25, 0.3) is 0 Å². The lowest BCUT2D eigenvalue weighted by atomic mass is 9.56. The third-order valence-corrected chi connectivity index (χ3v) is 8.04. The third-order valence-electron chi connectivity index (χ3n) is 8.04. The molecule has 4 saturated heterocycles. The Morgan fingerprint density at radius 2 is 1.79 bits per heavy atom. The van der Waals surface area contributed by atoms with Gasteiger partial charge in [0.05, 0.1) is 0 Å². The van der Waals surface area contributed by atoms with E-state index in [2.05, 4.69) is 46.8 Å². The maximum Gasteiger partial charge on any atom is 0.201 e. The van der Waals surface area contributed by atoms with Crippen LogP contribution < -0.4 is 0 Å². The first-order chi connectivity index (χ1) is 13.6. The molecule has 1 aromatic heterocycles. The van der Waals surface area contributed by atoms with Crippen LogP contribution >= 0.6 is 0 Å². The maximum atomic E-state index is 6.70. The molecule has 5 aliphatic rings. The van der Waals surface area contributed by atoms with Gasteiger partial charge in [-0.2, -0.15) is 0 Å². The Balaban J connectivity index is 1.54. The van der Waals surface area contributed by atoms with Crippen molar-refractivity contribution in [2.45, 2.75) is 103 Å². The Bertz CT molecular complexity index is 766. The summed E-state index contributed by atoms with van der Waals surface area (Å²) in [5.41, 5.74) is -0.546. The highest BCUT2D eigenvalue weighted by molar-refractivity contribution is 5.19. The van der Waals surface area contributed by atoms with Gasteiger partial charge in [-0.05, 0) is 62.5 Å². The van der Waals surface area contributed by atoms with Gasteiger partial charge in [-0.25, -0.2) is 9.78 Å². The van der Waals surface area contributed by atoms with Gasteiger partial charge in [0, 0.05) is 17.8 Å². The SMILES string of the molecule is C[C@H]1[C@H](c2ccc(C(C)(C)C)o2)O[C@@H]2O[C@]3(C)CCC[C@H]4[C@H](C)CC[C@@H]1[C@@]24OO3. The molecule has 2 bridgehead atoms. The molecule has 5 heteroatoms. The topological polar surface area (TPSA) is 50.1 Å². The Labute approximate surface area is 174 Å². The van der Waals surface area contributed by atoms with Gasteiger partial charge in [0.15, 0.2) is 11.9 Å². The summed E-state index contributed by atoms with van der Waals surface area (Å²) in [5, 5.41) is 0. The second-order valence-electron chi connectivity index (χ2n) is 11.1. The smallest absolute Gasteiger partial charge is 0.201 e. The van der Waals surface area contributed by atoms with E-state index in [0.717, 1.165) is 37.2 Å². The molecule has 29 heavy (non-hydrogen) atoms. The normalized spacial score (nSPS) is 47.4. The molecule has 1 aliphatic carbocycles. The molecular weight excluding hydrogens is 368 g/mol. The van der Waals surface area contributed by atoms with E-state index in [1.165, 1.54) is 6.42 Å². The van der Waals surface area contributed by atoms with Gasteiger partial charge in [0.2, 0.25) is 5.79 Å². The predicted molar refractivity (Wildman–Crippen MR) is 108 cm³/mol. The minimum Gasteiger partial charge on any atom is -0.463 e. The summed E-state index contributed by atoms with van der Waals surface area (Å²) in [7, 11) is 0. The first kappa shape index (κ1) is 20.0. The van der Waals surface area contributed by atoms with E-state index < -0.39 is 17.7 Å². The molecule has 1 saturated carbocycles. The standard InChI is InChI=1S/C24H36O5/c1-14-9-10-17-15(2)20(18-11-12-19(25-18)22(3,4)5)26-21-24(17)16(14)8-7-13-23(6,27-21)28-29-24/h11-12,14-17,20-21H,7-10,13H2,1-6H3/t14-,15-,16+,17+,20-,21-,23+,24-/m1/s1. The molecule has 8 atom stereocenters. The van der Waals surface area contributed by atoms with Crippen LogP contribution in [0.3, 0.4) is 0 Å². The molecule has 0 aromatic carbocycles. The molecule has 0 N–H and O–H groups in total. The van der Waals surface area contributed by atoms with Crippen LogP contribution in [0.2, 0.25) is 0 Å². The van der Waals surface area contributed by atoms with Gasteiger partial charge in [-0.3, -0.25) is 0 Å². The van der Waals surface area contributed by atoms with Gasteiger partial charge in [-0.1, -0.05) is 34.6 Å². The van der Waals surface area contributed by atoms with E-state index in [4.69, 9.17) is 23.7 Å². The van der Waals surface area contributed by atoms with Crippen LogP contribution in [-0.2, 0) is 24.7 Å². The molecule has 1 spiro atoms. The Morgan fingerprint density at radius 3 is 2.52 bits per heavy atom. The number of ether oxygens (including phenoxy) is 2. The average Bonchev–Trinajstić information content (AvgIpc) is 3.12. The average molecular weight is 405 g/mol. The fourth-order valence-electron chi connectivity index (χ4n) is 6.36. The van der Waals surface area contributed by atoms with Crippen LogP contribution in [0.4, 0.5) is 0 Å². The minimum absolute atomic E-state index is 0.0248. The third kappa shape index (κ3) is 2.95. The molecule has 6 rings (SSSR count). The molecule has 0 radical (unpaired) electrons. The van der Waals surface area contributed by atoms with Gasteiger partial charge >= 0.3 is 0 Å². The van der Waals surface area contributed by atoms with E-state index in [0.29, 0.717) is 17.8 Å². The van der Waals surface area contributed by atoms with Crippen molar-refractivity contribution < 1.29 is 23.7 Å². The molecule has 0 unspecified atom stereocenters. The van der Waals surface area contributed by atoms with Crippen molar-refractivity contribution in [1.29, 1.82) is 0 Å². The summed E-state index contributed by atoms with van der Waals surface area (Å²) in [4.78, 5) is 12.3. The number of rotatable bonds is 1. The lowest BCUT2D eigenvalue weighted by Crippen LogP contribution is -2.71. The Morgan fingerprint density at radius 1 is 1.00 bits per heavy atom. The Hall–Kier alpha value is -0.880. The van der Waals surface area contributed by atoms with Crippen molar-refractivity contribution in [3.63, 3.8) is 0 Å². The summed E-state index contributed by atoms with van der Waals surface area (Å²) in [6, 6.07) is 4.18. The van der Waals surface area contributed by atoms with E-state index in [9.17, 15) is 0 Å². The second-order valence-corrected chi connectivity index (χ2v) is 11.1. The van der Waals surface area contributed by atoms with E-state index >= 15 is 0 Å². The van der Waals surface area contributed by atoms with Crippen molar-refractivity contribution in [1.82, 2.24) is 0 Å². The molecule has 162 valence electrons. The molecule has 5 heterocycles. The van der Waals surface area contributed by atoms with Crippen LogP contribution in [0.15, 0.2) is 16.5 Å². The Kier molecular flexibility index (Phi) is 4.53. The predicted octanol–water partition coefficient (Wildman–Crippen LogP) is 5.89. The zero-order chi connectivity index (χ0) is 20.6. The summed E-state index contributed by atoms with van der Waals surface area (Å²) >= 11 is 0. The summed E-state index contributed by atoms with van der Waals surface area (Å²) in [6.45, 7) is 13.1. The largest absolute Gasteiger partial charge is 0.463 e. The fraction of sp³-hybridized carbons (Fsp3) is 0.833. The van der Waals surface area contributed by atoms with E-state index in [-0.39, 0.29) is 17.4 Å². The maximum absolute atomic E-state index is 6.70. The van der Waals surface area contributed by atoms with Crippen molar-refractivity contribution in [2.24, 2.45) is 23.7 Å². The molecule has 5 fully saturated rings. The minimum atomic E-state index is -0.739. The lowest BCUT2D eigenvalue weighted by molar-refractivity contribution is -0.586. The highest BCUT2D eigenvalue weighted by Gasteiger charge is 2.68. The van der Waals surface area contributed by atoms with Crippen LogP contribution in [-0.4, -0.2) is 17.7 Å². The van der Waals surface area contributed by atoms with Gasteiger partial charge in [0.1, 0.15) is 17.6 Å². The quantitative estimate of drug-likeness (QED) is 0.546. The van der Waals surface area contributed by atoms with Crippen LogP contribution in [0.5, 0.6) is 0 Å². The summed E-state index contributed by atoms with van der Waals surface area (Å²) in [6.07, 6.45) is 4.83. The number of hydrogen-bond acceptors (Lipinski definition) is 5. The van der Waals surface area contributed by atoms with Gasteiger partial charge < -0.3 is 13.9 Å². The number of fused-ring (bicyclic) bond motifs is 3. The monoisotopic (exact) mass is 404 g/mol. The highest BCUT2D eigenvalue weighted by atomic mass is 17.3. The second kappa shape index (κ2) is 6.56. The first-order valence-corrected chi connectivity index (χ1v) is 11.4. The van der Waals surface area contributed by atoms with E-state index in [1.54, 1.807) is 0 Å². The molecule has 0 amide bonds. The molecular formula is C24H36O5. The highest BCUT2D eigenvalue weighted by Crippen LogP contribution is 2.61. The molecule has 1 aromatic rings. The fourth-order valence-corrected chi connectivity index (χ4v) is 6.36. The zero-order valence-electron chi connectivity index (χ0n) is 18.7. The van der Waals surface area contributed by atoms with Gasteiger partial charge in [-0.15, -0.1) is 0 Å². The van der Waals surface area contributed by atoms with Gasteiger partial charge in [0.25, 0.3) is 0 Å². The van der Waals surface area contributed by atoms with Crippen LogP contribution in [0, 0.1) is 23.7 Å². The zero-order valence-corrected chi connectivity index (χ0v) is 18.7. The van der Waals surface area contributed by atoms with E-state index in [1.807, 2.05) is 6.92 Å². The van der Waals surface area contributed by atoms with Crippen molar-refractivity contribution in [2.75, 3.05) is 0 Å². The van der Waals surface area contributed by atoms with Crippen LogP contribution in [0.1, 0.15) is 91.3 Å². The number of furan rings is 1. The molecule has 4 aliphatic heterocycles. The number of hydrogen-bond donors (Lipinski definition) is 0. The summed E-state index contributed by atoms with van der Waals surface area (Å²) in [5.74, 6) is 2.70. The summed E-state index contributed by atoms with van der Waals surface area (Å²) < 4.78 is 19.5. The van der Waals surface area contributed by atoms with Crippen molar-refractivity contribution in [3.05, 3.63) is 23.7 Å². The first-order valence-electron chi connectivity index (χ1n) is 11.4. The molecule has 5 nitrogen and oxygen atoms in total. The van der Waals surface area contributed by atoms with Crippen molar-refractivity contribution in [3.8, 4) is 0 Å². The lowest BCUT2D eigenvalue weighted by Gasteiger charge is -2.63.